The molecule has 2 aromatic rings. The maximum atomic E-state index is 14.2. The minimum Gasteiger partial charge on any atom is -0.510 e. The number of primary amides is 1. The summed E-state index contributed by atoms with van der Waals surface area (Å²) in [5.41, 5.74) is 4.19. The van der Waals surface area contributed by atoms with Crippen LogP contribution in [0.1, 0.15) is 41.8 Å². The molecule has 1 heterocycles. The zero-order chi connectivity index (χ0) is 30.0. The molecule has 1 aromatic carbocycles. The third kappa shape index (κ3) is 4.10. The number of ketones is 2. The summed E-state index contributed by atoms with van der Waals surface area (Å²) < 4.78 is 5.33. The molecular formula is C30H35N3O8. The smallest absolute Gasteiger partial charge is 0.255 e. The number of hydrogen-bond acceptors (Lipinski definition) is 10. The van der Waals surface area contributed by atoms with Gasteiger partial charge in [-0.2, -0.15) is 0 Å². The van der Waals surface area contributed by atoms with Gasteiger partial charge in [0.2, 0.25) is 5.78 Å². The van der Waals surface area contributed by atoms with E-state index in [1.165, 1.54) is 11.2 Å². The van der Waals surface area contributed by atoms with E-state index in [1.807, 2.05) is 19.9 Å². The summed E-state index contributed by atoms with van der Waals surface area (Å²) in [6.45, 7) is 5.76. The van der Waals surface area contributed by atoms with E-state index in [0.29, 0.717) is 41.9 Å². The molecule has 5 rings (SSSR count). The average Bonchev–Trinajstić information content (AvgIpc) is 3.45. The molecule has 0 saturated carbocycles. The number of aliphatic hydroxyl groups is 3. The minimum absolute atomic E-state index is 0.00774. The van der Waals surface area contributed by atoms with Crippen molar-refractivity contribution in [3.63, 3.8) is 0 Å². The molecule has 3 aliphatic carbocycles. The molecule has 6 N–H and O–H groups in total. The minimum atomic E-state index is -2.67. The maximum Gasteiger partial charge on any atom is 0.255 e. The molecule has 11 heteroatoms. The van der Waals surface area contributed by atoms with Gasteiger partial charge in [0.15, 0.2) is 11.4 Å². The summed E-state index contributed by atoms with van der Waals surface area (Å²) >= 11 is 0. The number of carbonyl (C=O) groups excluding carboxylic acids is 3. The molecular weight excluding hydrogens is 530 g/mol. The summed E-state index contributed by atoms with van der Waals surface area (Å²) in [7, 11) is 3.19. The number of carbonyl (C=O) groups is 3. The first-order valence-corrected chi connectivity index (χ1v) is 13.7. The standard InChI is InChI=1S/C30H35N3O8/c1-5-33(6-2)12-16-10-17(14-7-8-41-13-14)18-9-15-11-19-23(32(3)4)26(36)22(29(31)39)28(38)30(19,40)27(37)20(15)25(35)21(18)24(16)34/h7-8,10,13,15,19,23,34,36-37,40H,5-6,9,11-12H2,1-4H3,(H2,31,39). The Hall–Kier alpha value is -3.93. The number of phenols is 1. The van der Waals surface area contributed by atoms with Gasteiger partial charge in [0.1, 0.15) is 22.8 Å². The molecule has 0 spiro atoms. The molecule has 218 valence electrons. The molecule has 11 nitrogen and oxygen atoms in total. The van der Waals surface area contributed by atoms with Crippen LogP contribution in [-0.2, 0) is 22.6 Å². The number of benzene rings is 1. The summed E-state index contributed by atoms with van der Waals surface area (Å²) in [4.78, 5) is 43.5. The van der Waals surface area contributed by atoms with Crippen LogP contribution in [0.4, 0.5) is 0 Å². The van der Waals surface area contributed by atoms with E-state index in [-0.39, 0.29) is 29.7 Å². The number of fused-ring (bicyclic) bond motifs is 3. The lowest BCUT2D eigenvalue weighted by atomic mass is 9.58. The fraction of sp³-hybridized carbons (Fsp3) is 0.433. The van der Waals surface area contributed by atoms with Gasteiger partial charge in [0.05, 0.1) is 24.1 Å². The number of aliphatic hydroxyl groups excluding tert-OH is 2. The van der Waals surface area contributed by atoms with Crippen LogP contribution in [0.5, 0.6) is 5.75 Å². The summed E-state index contributed by atoms with van der Waals surface area (Å²) in [6.07, 6.45) is 3.30. The van der Waals surface area contributed by atoms with Crippen LogP contribution in [0.25, 0.3) is 11.1 Å². The highest BCUT2D eigenvalue weighted by Crippen LogP contribution is 2.53. The highest BCUT2D eigenvalue weighted by Gasteiger charge is 2.63. The highest BCUT2D eigenvalue weighted by molar-refractivity contribution is 6.25. The average molecular weight is 566 g/mol. The summed E-state index contributed by atoms with van der Waals surface area (Å²) in [5, 5.41) is 45.8. The zero-order valence-electron chi connectivity index (χ0n) is 23.5. The Labute approximate surface area is 237 Å². The number of nitrogens with two attached hydrogens (primary N) is 1. The van der Waals surface area contributed by atoms with Gasteiger partial charge in [0.25, 0.3) is 5.91 Å². The van der Waals surface area contributed by atoms with Crippen molar-refractivity contribution in [1.29, 1.82) is 0 Å². The van der Waals surface area contributed by atoms with Crippen molar-refractivity contribution in [3.8, 4) is 16.9 Å². The third-order valence-electron chi connectivity index (χ3n) is 8.92. The Morgan fingerprint density at radius 2 is 1.85 bits per heavy atom. The van der Waals surface area contributed by atoms with Crippen LogP contribution in [-0.4, -0.2) is 86.5 Å². The first-order valence-electron chi connectivity index (χ1n) is 13.7. The number of nitrogens with zero attached hydrogens (tertiary/aromatic N) is 2. The lowest BCUT2D eigenvalue weighted by Crippen LogP contribution is -2.63. The second-order valence-electron chi connectivity index (χ2n) is 11.2. The van der Waals surface area contributed by atoms with Crippen molar-refractivity contribution in [1.82, 2.24) is 9.80 Å². The number of aromatic hydroxyl groups is 1. The quantitative estimate of drug-likeness (QED) is 0.313. The number of furan rings is 1. The van der Waals surface area contributed by atoms with Gasteiger partial charge in [-0.15, -0.1) is 0 Å². The van der Waals surface area contributed by atoms with E-state index < -0.39 is 58.0 Å². The van der Waals surface area contributed by atoms with Crippen LogP contribution in [0.15, 0.2) is 51.7 Å². The fourth-order valence-electron chi connectivity index (χ4n) is 6.86. The van der Waals surface area contributed by atoms with E-state index in [9.17, 15) is 34.8 Å². The Bertz CT molecular complexity index is 1500. The van der Waals surface area contributed by atoms with Crippen LogP contribution in [0, 0.1) is 11.8 Å². The second-order valence-corrected chi connectivity index (χ2v) is 11.2. The van der Waals surface area contributed by atoms with Crippen LogP contribution in [0.3, 0.4) is 0 Å². The van der Waals surface area contributed by atoms with Gasteiger partial charge in [-0.05, 0) is 69.2 Å². The lowest BCUT2D eigenvalue weighted by Gasteiger charge is -2.50. The van der Waals surface area contributed by atoms with Crippen molar-refractivity contribution in [2.24, 2.45) is 17.6 Å². The van der Waals surface area contributed by atoms with Crippen LogP contribution < -0.4 is 5.73 Å². The van der Waals surface area contributed by atoms with Crippen molar-refractivity contribution in [2.45, 2.75) is 44.9 Å². The molecule has 0 aliphatic heterocycles. The molecule has 0 saturated heterocycles. The predicted octanol–water partition coefficient (Wildman–Crippen LogP) is 2.22. The Balaban J connectivity index is 1.74. The van der Waals surface area contributed by atoms with Crippen molar-refractivity contribution in [2.75, 3.05) is 27.2 Å². The molecule has 1 aromatic heterocycles. The number of phenolic OH excluding ortho intramolecular Hbond substituents is 1. The topological polar surface area (TPSA) is 178 Å². The van der Waals surface area contributed by atoms with Gasteiger partial charge >= 0.3 is 0 Å². The third-order valence-corrected chi connectivity index (χ3v) is 8.92. The van der Waals surface area contributed by atoms with E-state index >= 15 is 0 Å². The highest BCUT2D eigenvalue weighted by atomic mass is 16.3. The molecule has 0 bridgehead atoms. The first-order chi connectivity index (χ1) is 19.4. The molecule has 4 atom stereocenters. The maximum absolute atomic E-state index is 14.2. The van der Waals surface area contributed by atoms with Gasteiger partial charge in [-0.3, -0.25) is 24.2 Å². The first kappa shape index (κ1) is 28.6. The fourth-order valence-corrected chi connectivity index (χ4v) is 6.86. The van der Waals surface area contributed by atoms with Gasteiger partial charge < -0.3 is 30.6 Å². The number of allylic oxidation sites excluding steroid dienone is 1. The molecule has 41 heavy (non-hydrogen) atoms. The monoisotopic (exact) mass is 565 g/mol. The van der Waals surface area contributed by atoms with Crippen LogP contribution >= 0.6 is 0 Å². The number of likely N-dealkylation sites (N-methyl/N-ethyl adjacent to an activating group) is 1. The predicted molar refractivity (Wildman–Crippen MR) is 148 cm³/mol. The molecule has 1 amide bonds. The Morgan fingerprint density at radius 3 is 2.41 bits per heavy atom. The van der Waals surface area contributed by atoms with Gasteiger partial charge in [0, 0.05) is 29.2 Å². The number of amides is 1. The number of Topliss-reactive ketones (excluding diaryl/α,β-unsaturated/α-hetero) is 2. The van der Waals surface area contributed by atoms with Gasteiger partial charge in [-0.25, -0.2) is 0 Å². The van der Waals surface area contributed by atoms with Crippen molar-refractivity contribution in [3.05, 3.63) is 64.0 Å². The zero-order valence-corrected chi connectivity index (χ0v) is 23.5. The number of hydrogen-bond donors (Lipinski definition) is 5. The van der Waals surface area contributed by atoms with Crippen LogP contribution in [0.2, 0.25) is 0 Å². The Kier molecular flexibility index (Phi) is 7.09. The SMILES string of the molecule is CCN(CC)Cc1cc(-c2ccoc2)c2c(c1O)C(=O)C1=C(O)C3(O)C(=O)C(C(N)=O)=C(O)C(N(C)C)C3CC1C2. The molecule has 0 radical (unpaired) electrons. The van der Waals surface area contributed by atoms with E-state index in [1.54, 1.807) is 26.4 Å². The molecule has 0 fully saturated rings. The lowest BCUT2D eigenvalue weighted by molar-refractivity contribution is -0.148. The second kappa shape index (κ2) is 10.2. The van der Waals surface area contributed by atoms with Gasteiger partial charge in [-0.1, -0.05) is 13.8 Å². The Morgan fingerprint density at radius 1 is 1.17 bits per heavy atom. The molecule has 4 unspecified atom stereocenters. The largest absolute Gasteiger partial charge is 0.510 e. The van der Waals surface area contributed by atoms with E-state index in [4.69, 9.17) is 10.2 Å². The number of rotatable bonds is 7. The summed E-state index contributed by atoms with van der Waals surface area (Å²) in [6, 6.07) is 2.56. The van der Waals surface area contributed by atoms with E-state index in [2.05, 4.69) is 4.90 Å². The molecule has 3 aliphatic rings. The normalized spacial score (nSPS) is 26.0. The van der Waals surface area contributed by atoms with Crippen molar-refractivity contribution < 1.29 is 39.2 Å². The van der Waals surface area contributed by atoms with Crippen molar-refractivity contribution >= 4 is 17.5 Å². The van der Waals surface area contributed by atoms with E-state index in [0.717, 1.165) is 0 Å². The summed E-state index contributed by atoms with van der Waals surface area (Å²) in [5.74, 6) is -6.66.